The van der Waals surface area contributed by atoms with Gasteiger partial charge in [-0.15, -0.1) is 0 Å². The van der Waals surface area contributed by atoms with Crippen LogP contribution >= 0.6 is 0 Å². The third-order valence-electron chi connectivity index (χ3n) is 4.27. The van der Waals surface area contributed by atoms with Gasteiger partial charge in [0, 0.05) is 24.5 Å². The van der Waals surface area contributed by atoms with Crippen molar-refractivity contribution in [3.63, 3.8) is 0 Å². The number of methoxy groups -OCH3 is 1. The van der Waals surface area contributed by atoms with Gasteiger partial charge in [-0.25, -0.2) is 0 Å². The molecule has 0 radical (unpaired) electrons. The zero-order valence-electron chi connectivity index (χ0n) is 15.2. The van der Waals surface area contributed by atoms with Gasteiger partial charge in [0.1, 0.15) is 5.75 Å². The van der Waals surface area contributed by atoms with E-state index in [1.54, 1.807) is 19.4 Å². The minimum absolute atomic E-state index is 0.171. The number of benzene rings is 2. The van der Waals surface area contributed by atoms with Gasteiger partial charge in [-0.2, -0.15) is 0 Å². The zero-order valence-corrected chi connectivity index (χ0v) is 15.2. The van der Waals surface area contributed by atoms with E-state index < -0.39 is 0 Å². The number of aromatic nitrogens is 1. The quantitative estimate of drug-likeness (QED) is 0.657. The molecule has 5 heteroatoms. The summed E-state index contributed by atoms with van der Waals surface area (Å²) in [6.45, 7) is 0.556. The Labute approximate surface area is 158 Å². The number of carbonyl (C=O) groups is 1. The third kappa shape index (κ3) is 4.85. The number of nitrogens with zero attached hydrogens (tertiary/aromatic N) is 1. The largest absolute Gasteiger partial charge is 0.497 e. The zero-order chi connectivity index (χ0) is 19.1. The van der Waals surface area contributed by atoms with Gasteiger partial charge in [0.2, 0.25) is 0 Å². The molecule has 3 rings (SSSR count). The topological polar surface area (TPSA) is 60.3 Å². The number of rotatable bonds is 7. The fourth-order valence-electron chi connectivity index (χ4n) is 2.84. The van der Waals surface area contributed by atoms with Crippen LogP contribution in [0.4, 0.5) is 0 Å². The Bertz CT molecular complexity index is 965. The van der Waals surface area contributed by atoms with Crippen molar-refractivity contribution in [3.8, 4) is 11.4 Å². The van der Waals surface area contributed by atoms with Crippen molar-refractivity contribution in [2.75, 3.05) is 13.7 Å². The smallest absolute Gasteiger partial charge is 0.255 e. The number of pyridine rings is 1. The lowest BCUT2D eigenvalue weighted by molar-refractivity contribution is 0.0952. The number of carbonyl (C=O) groups excluding carboxylic acids is 1. The highest BCUT2D eigenvalue weighted by Gasteiger charge is 2.08. The van der Waals surface area contributed by atoms with Crippen molar-refractivity contribution in [3.05, 3.63) is 94.4 Å². The molecule has 0 spiro atoms. The molecule has 27 heavy (non-hydrogen) atoms. The SMILES string of the molecule is COc1cccc(CCCNC(=O)c2ccc(=O)n(-c3ccccc3)c2)c1. The summed E-state index contributed by atoms with van der Waals surface area (Å²) in [5.74, 6) is 0.644. The average Bonchev–Trinajstić information content (AvgIpc) is 2.72. The standard InChI is InChI=1S/C22H22N2O3/c1-27-20-11-5-7-17(15-20)8-6-14-23-22(26)18-12-13-21(25)24(16-18)19-9-3-2-4-10-19/h2-5,7,9-13,15-16H,6,8,14H2,1H3,(H,23,26). The first-order valence-electron chi connectivity index (χ1n) is 8.86. The minimum atomic E-state index is -0.190. The predicted molar refractivity (Wildman–Crippen MR) is 106 cm³/mol. The summed E-state index contributed by atoms with van der Waals surface area (Å²) in [7, 11) is 1.65. The lowest BCUT2D eigenvalue weighted by atomic mass is 10.1. The van der Waals surface area contributed by atoms with Gasteiger partial charge in [-0.1, -0.05) is 30.3 Å². The van der Waals surface area contributed by atoms with E-state index in [0.717, 1.165) is 24.3 Å². The molecule has 0 bridgehead atoms. The van der Waals surface area contributed by atoms with Crippen LogP contribution < -0.4 is 15.6 Å². The van der Waals surface area contributed by atoms with Crippen LogP contribution in [0.5, 0.6) is 5.75 Å². The van der Waals surface area contributed by atoms with E-state index in [-0.39, 0.29) is 11.5 Å². The molecule has 2 aromatic carbocycles. The maximum Gasteiger partial charge on any atom is 0.255 e. The first kappa shape index (κ1) is 18.5. The van der Waals surface area contributed by atoms with E-state index in [4.69, 9.17) is 4.74 Å². The van der Waals surface area contributed by atoms with Crippen LogP contribution in [0.25, 0.3) is 5.69 Å². The second-order valence-electron chi connectivity index (χ2n) is 6.17. The van der Waals surface area contributed by atoms with Gasteiger partial charge >= 0.3 is 0 Å². The lowest BCUT2D eigenvalue weighted by Crippen LogP contribution is -2.27. The fourth-order valence-corrected chi connectivity index (χ4v) is 2.84. The Balaban J connectivity index is 1.59. The van der Waals surface area contributed by atoms with Gasteiger partial charge < -0.3 is 10.1 Å². The summed E-state index contributed by atoms with van der Waals surface area (Å²) in [5, 5.41) is 2.91. The molecule has 0 atom stereocenters. The van der Waals surface area contributed by atoms with Crippen molar-refractivity contribution >= 4 is 5.91 Å². The van der Waals surface area contributed by atoms with Gasteiger partial charge in [-0.3, -0.25) is 14.2 Å². The molecule has 0 saturated carbocycles. The molecule has 0 saturated heterocycles. The fraction of sp³-hybridized carbons (Fsp3) is 0.182. The van der Waals surface area contributed by atoms with Crippen LogP contribution in [-0.2, 0) is 6.42 Å². The number of hydrogen-bond donors (Lipinski definition) is 1. The average molecular weight is 362 g/mol. The van der Waals surface area contributed by atoms with Crippen LogP contribution in [0.3, 0.4) is 0 Å². The Morgan fingerprint density at radius 2 is 1.85 bits per heavy atom. The van der Waals surface area contributed by atoms with Crippen molar-refractivity contribution in [2.45, 2.75) is 12.8 Å². The molecule has 0 fully saturated rings. The first-order chi connectivity index (χ1) is 13.2. The molecular weight excluding hydrogens is 340 g/mol. The summed E-state index contributed by atoms with van der Waals surface area (Å²) in [6, 6.07) is 20.1. The van der Waals surface area contributed by atoms with Crippen molar-refractivity contribution in [2.24, 2.45) is 0 Å². The highest BCUT2D eigenvalue weighted by atomic mass is 16.5. The van der Waals surface area contributed by atoms with Crippen molar-refractivity contribution in [1.29, 1.82) is 0 Å². The Morgan fingerprint density at radius 3 is 2.63 bits per heavy atom. The molecule has 3 aromatic rings. The van der Waals surface area contributed by atoms with Crippen molar-refractivity contribution < 1.29 is 9.53 Å². The van der Waals surface area contributed by atoms with Gasteiger partial charge in [0.25, 0.3) is 11.5 Å². The highest BCUT2D eigenvalue weighted by Crippen LogP contribution is 2.13. The van der Waals surface area contributed by atoms with E-state index >= 15 is 0 Å². The maximum absolute atomic E-state index is 12.4. The summed E-state index contributed by atoms with van der Waals surface area (Å²) >= 11 is 0. The maximum atomic E-state index is 12.4. The molecule has 0 aliphatic carbocycles. The molecule has 0 unspecified atom stereocenters. The number of para-hydroxylation sites is 1. The molecular formula is C22H22N2O3. The number of ether oxygens (including phenoxy) is 1. The van der Waals surface area contributed by atoms with E-state index in [0.29, 0.717) is 12.1 Å². The van der Waals surface area contributed by atoms with E-state index in [1.807, 2.05) is 54.6 Å². The summed E-state index contributed by atoms with van der Waals surface area (Å²) < 4.78 is 6.69. The molecule has 0 aliphatic heterocycles. The molecule has 1 heterocycles. The van der Waals surface area contributed by atoms with E-state index in [2.05, 4.69) is 5.32 Å². The Hall–Kier alpha value is -3.34. The number of aryl methyl sites for hydroxylation is 1. The van der Waals surface area contributed by atoms with Crippen LogP contribution in [0.15, 0.2) is 77.7 Å². The summed E-state index contributed by atoms with van der Waals surface area (Å²) in [4.78, 5) is 24.5. The molecule has 0 aliphatic rings. The van der Waals surface area contributed by atoms with Crippen LogP contribution in [-0.4, -0.2) is 24.1 Å². The van der Waals surface area contributed by atoms with Crippen LogP contribution in [0.2, 0.25) is 0 Å². The minimum Gasteiger partial charge on any atom is -0.497 e. The monoisotopic (exact) mass is 362 g/mol. The molecule has 1 N–H and O–H groups in total. The summed E-state index contributed by atoms with van der Waals surface area (Å²) in [5.41, 5.74) is 2.19. The Kier molecular flexibility index (Phi) is 6.05. The number of hydrogen-bond acceptors (Lipinski definition) is 3. The second kappa shape index (κ2) is 8.85. The Morgan fingerprint density at radius 1 is 1.04 bits per heavy atom. The second-order valence-corrected chi connectivity index (χ2v) is 6.17. The van der Waals surface area contributed by atoms with Gasteiger partial charge in [0.15, 0.2) is 0 Å². The van der Waals surface area contributed by atoms with Crippen LogP contribution in [0, 0.1) is 0 Å². The normalized spacial score (nSPS) is 10.4. The van der Waals surface area contributed by atoms with Crippen LogP contribution in [0.1, 0.15) is 22.3 Å². The van der Waals surface area contributed by atoms with Crippen molar-refractivity contribution in [1.82, 2.24) is 9.88 Å². The molecule has 5 nitrogen and oxygen atoms in total. The summed E-state index contributed by atoms with van der Waals surface area (Å²) in [6.07, 6.45) is 3.24. The lowest BCUT2D eigenvalue weighted by Gasteiger charge is -2.09. The molecule has 1 amide bonds. The number of nitrogens with one attached hydrogen (secondary N) is 1. The first-order valence-corrected chi connectivity index (χ1v) is 8.86. The molecule has 1 aromatic heterocycles. The number of amides is 1. The highest BCUT2D eigenvalue weighted by molar-refractivity contribution is 5.93. The van der Waals surface area contributed by atoms with Gasteiger partial charge in [-0.05, 0) is 48.7 Å². The van der Waals surface area contributed by atoms with Gasteiger partial charge in [0.05, 0.1) is 12.7 Å². The molecule has 138 valence electrons. The van der Waals surface area contributed by atoms with E-state index in [9.17, 15) is 9.59 Å². The van der Waals surface area contributed by atoms with E-state index in [1.165, 1.54) is 16.2 Å². The predicted octanol–water partition coefficient (Wildman–Crippen LogP) is 3.21. The third-order valence-corrected chi connectivity index (χ3v) is 4.27.